The van der Waals surface area contributed by atoms with Gasteiger partial charge in [0.2, 0.25) is 0 Å². The molecule has 0 aliphatic carbocycles. The predicted molar refractivity (Wildman–Crippen MR) is 151 cm³/mol. The molecular weight excluding hydrogens is 629 g/mol. The quantitative estimate of drug-likeness (QED) is 0.115. The number of methoxy groups -OCH3 is 1. The number of halogens is 2. The Morgan fingerprint density at radius 1 is 1.11 bits per heavy atom. The first kappa shape index (κ1) is 27.0. The molecule has 10 heteroatoms. The maximum Gasteiger partial charge on any atom is 0.343 e. The summed E-state index contributed by atoms with van der Waals surface area (Å²) < 4.78 is 17.1. The Kier molecular flexibility index (Phi) is 8.78. The smallest absolute Gasteiger partial charge is 0.343 e. The summed E-state index contributed by atoms with van der Waals surface area (Å²) in [6, 6.07) is 17.0. The fourth-order valence-electron chi connectivity index (χ4n) is 3.52. The van der Waals surface area contributed by atoms with Crippen molar-refractivity contribution in [3.8, 4) is 17.2 Å². The third-order valence-electron chi connectivity index (χ3n) is 5.25. The van der Waals surface area contributed by atoms with Crippen LogP contribution in [0.15, 0.2) is 65.6 Å². The molecule has 0 aromatic heterocycles. The van der Waals surface area contributed by atoms with Gasteiger partial charge in [-0.15, -0.1) is 0 Å². The number of esters is 1. The van der Waals surface area contributed by atoms with Gasteiger partial charge in [0.05, 0.1) is 34.3 Å². The average Bonchev–Trinajstić information content (AvgIpc) is 3.13. The van der Waals surface area contributed by atoms with Crippen LogP contribution in [-0.2, 0) is 11.3 Å². The van der Waals surface area contributed by atoms with E-state index in [1.165, 1.54) is 4.90 Å². The molecule has 37 heavy (non-hydrogen) atoms. The van der Waals surface area contributed by atoms with Crippen molar-refractivity contribution in [2.24, 2.45) is 0 Å². The molecule has 0 saturated carbocycles. The molecule has 0 atom stereocenters. The third-order valence-corrected chi connectivity index (χ3v) is 7.20. The van der Waals surface area contributed by atoms with Gasteiger partial charge < -0.3 is 14.2 Å². The average molecular weight is 650 g/mol. The summed E-state index contributed by atoms with van der Waals surface area (Å²) >= 11 is 8.94. The van der Waals surface area contributed by atoms with Crippen molar-refractivity contribution >= 4 is 69.1 Å². The van der Waals surface area contributed by atoms with Gasteiger partial charge in [0.1, 0.15) is 5.75 Å². The molecule has 2 amide bonds. The summed E-state index contributed by atoms with van der Waals surface area (Å²) in [5.41, 5.74) is 1.74. The Morgan fingerprint density at radius 3 is 2.54 bits per heavy atom. The highest BCUT2D eigenvalue weighted by molar-refractivity contribution is 14.1. The number of amides is 2. The molecule has 1 aliphatic rings. The summed E-state index contributed by atoms with van der Waals surface area (Å²) in [4.78, 5) is 39.8. The molecule has 0 unspecified atom stereocenters. The van der Waals surface area contributed by atoms with E-state index in [2.05, 4.69) is 0 Å². The van der Waals surface area contributed by atoms with Crippen LogP contribution in [0.2, 0.25) is 5.02 Å². The highest BCUT2D eigenvalue weighted by Gasteiger charge is 2.35. The highest BCUT2D eigenvalue weighted by atomic mass is 127. The Hall–Kier alpha value is -3.02. The van der Waals surface area contributed by atoms with Gasteiger partial charge >= 0.3 is 5.97 Å². The standard InChI is InChI=1S/C27H21ClINO6S/c1-3-35-22-13-17(12-21(29)24(22)36-26(32)18-7-9-20(34-2)10-8-18)14-23-25(31)30(27(33)37-23)15-16-5-4-6-19(28)11-16/h4-14H,3,15H2,1-2H3/b23-14-. The monoisotopic (exact) mass is 649 g/mol. The normalized spacial score (nSPS) is 14.3. The van der Waals surface area contributed by atoms with E-state index >= 15 is 0 Å². The molecule has 1 aliphatic heterocycles. The van der Waals surface area contributed by atoms with Crippen LogP contribution in [-0.4, -0.2) is 35.7 Å². The molecule has 0 radical (unpaired) electrons. The minimum Gasteiger partial charge on any atom is -0.497 e. The van der Waals surface area contributed by atoms with Crippen molar-refractivity contribution in [2.45, 2.75) is 13.5 Å². The third kappa shape index (κ3) is 6.46. The second kappa shape index (κ2) is 12.0. The Morgan fingerprint density at radius 2 is 1.86 bits per heavy atom. The highest BCUT2D eigenvalue weighted by Crippen LogP contribution is 2.38. The SMILES string of the molecule is CCOc1cc(/C=C2\SC(=O)N(Cc3cccc(Cl)c3)C2=O)cc(I)c1OC(=O)c1ccc(OC)cc1. The zero-order valence-corrected chi connectivity index (χ0v) is 23.6. The van der Waals surface area contributed by atoms with Gasteiger partial charge in [0, 0.05) is 5.02 Å². The van der Waals surface area contributed by atoms with Crippen LogP contribution in [0.3, 0.4) is 0 Å². The minimum absolute atomic E-state index is 0.130. The fourth-order valence-corrected chi connectivity index (χ4v) is 5.30. The molecule has 3 aromatic carbocycles. The minimum atomic E-state index is -0.545. The van der Waals surface area contributed by atoms with Crippen LogP contribution in [0, 0.1) is 3.57 Å². The maximum absolute atomic E-state index is 13.0. The Labute approximate surface area is 236 Å². The van der Waals surface area contributed by atoms with Crippen molar-refractivity contribution in [3.63, 3.8) is 0 Å². The van der Waals surface area contributed by atoms with E-state index in [4.69, 9.17) is 25.8 Å². The van der Waals surface area contributed by atoms with Crippen LogP contribution in [0.4, 0.5) is 4.79 Å². The first-order valence-corrected chi connectivity index (χ1v) is 13.4. The first-order valence-electron chi connectivity index (χ1n) is 11.1. The predicted octanol–water partition coefficient (Wildman–Crippen LogP) is 6.81. The van der Waals surface area contributed by atoms with E-state index < -0.39 is 11.9 Å². The van der Waals surface area contributed by atoms with E-state index in [-0.39, 0.29) is 22.4 Å². The van der Waals surface area contributed by atoms with E-state index in [0.717, 1.165) is 17.3 Å². The number of benzene rings is 3. The van der Waals surface area contributed by atoms with Gasteiger partial charge in [-0.25, -0.2) is 4.79 Å². The summed E-state index contributed by atoms with van der Waals surface area (Å²) in [5, 5.41) is 0.173. The van der Waals surface area contributed by atoms with E-state index in [1.807, 2.05) is 35.6 Å². The van der Waals surface area contributed by atoms with Gasteiger partial charge in [-0.3, -0.25) is 14.5 Å². The molecule has 7 nitrogen and oxygen atoms in total. The topological polar surface area (TPSA) is 82.1 Å². The first-order chi connectivity index (χ1) is 17.8. The van der Waals surface area contributed by atoms with Crippen molar-refractivity contribution in [3.05, 3.63) is 90.9 Å². The molecule has 4 rings (SSSR count). The fraction of sp³-hybridized carbons (Fsp3) is 0.148. The summed E-state index contributed by atoms with van der Waals surface area (Å²) in [5.74, 6) is 0.312. The van der Waals surface area contributed by atoms with Gasteiger partial charge in [-0.05, 0) is 107 Å². The molecular formula is C27H21ClINO6S. The summed E-state index contributed by atoms with van der Waals surface area (Å²) in [6.07, 6.45) is 1.63. The summed E-state index contributed by atoms with van der Waals surface area (Å²) in [7, 11) is 1.55. The zero-order chi connectivity index (χ0) is 26.5. The molecule has 1 saturated heterocycles. The van der Waals surface area contributed by atoms with Gasteiger partial charge in [-0.1, -0.05) is 23.7 Å². The lowest BCUT2D eigenvalue weighted by Crippen LogP contribution is -2.27. The number of carbonyl (C=O) groups excluding carboxylic acids is 3. The van der Waals surface area contributed by atoms with E-state index in [9.17, 15) is 14.4 Å². The van der Waals surface area contributed by atoms with Crippen LogP contribution < -0.4 is 14.2 Å². The Bertz CT molecular complexity index is 1390. The summed E-state index contributed by atoms with van der Waals surface area (Å²) in [6.45, 7) is 2.28. The molecule has 0 N–H and O–H groups in total. The van der Waals surface area contributed by atoms with Crippen LogP contribution in [0.1, 0.15) is 28.4 Å². The van der Waals surface area contributed by atoms with Gasteiger partial charge in [0.25, 0.3) is 11.1 Å². The number of nitrogens with zero attached hydrogens (tertiary/aromatic N) is 1. The Balaban J connectivity index is 1.57. The zero-order valence-electron chi connectivity index (χ0n) is 19.8. The number of carbonyl (C=O) groups is 3. The molecule has 3 aromatic rings. The number of rotatable bonds is 8. The number of hydrogen-bond donors (Lipinski definition) is 0. The maximum atomic E-state index is 13.0. The van der Waals surface area contributed by atoms with Crippen LogP contribution in [0.25, 0.3) is 6.08 Å². The largest absolute Gasteiger partial charge is 0.497 e. The van der Waals surface area contributed by atoms with Crippen molar-refractivity contribution < 1.29 is 28.6 Å². The molecule has 0 bridgehead atoms. The van der Waals surface area contributed by atoms with Crippen LogP contribution in [0.5, 0.6) is 17.2 Å². The lowest BCUT2D eigenvalue weighted by molar-refractivity contribution is -0.123. The number of ether oxygens (including phenoxy) is 3. The van der Waals surface area contributed by atoms with Crippen molar-refractivity contribution in [2.75, 3.05) is 13.7 Å². The van der Waals surface area contributed by atoms with Gasteiger partial charge in [-0.2, -0.15) is 0 Å². The lowest BCUT2D eigenvalue weighted by Gasteiger charge is -2.14. The van der Waals surface area contributed by atoms with E-state index in [0.29, 0.717) is 37.8 Å². The molecule has 190 valence electrons. The van der Waals surface area contributed by atoms with E-state index in [1.54, 1.807) is 67.8 Å². The molecule has 0 spiro atoms. The second-order valence-electron chi connectivity index (χ2n) is 7.78. The lowest BCUT2D eigenvalue weighted by atomic mass is 10.1. The molecule has 1 heterocycles. The molecule has 1 fully saturated rings. The van der Waals surface area contributed by atoms with Gasteiger partial charge in [0.15, 0.2) is 11.5 Å². The van der Waals surface area contributed by atoms with Crippen LogP contribution >= 0.6 is 46.0 Å². The van der Waals surface area contributed by atoms with Crippen molar-refractivity contribution in [1.82, 2.24) is 4.90 Å². The number of thioether (sulfide) groups is 1. The van der Waals surface area contributed by atoms with Crippen molar-refractivity contribution in [1.29, 1.82) is 0 Å². The number of imide groups is 1. The number of hydrogen-bond acceptors (Lipinski definition) is 7. The second-order valence-corrected chi connectivity index (χ2v) is 10.4.